The Morgan fingerprint density at radius 1 is 1.43 bits per heavy atom. The van der Waals surface area contributed by atoms with E-state index in [0.29, 0.717) is 19.6 Å². The third-order valence-corrected chi connectivity index (χ3v) is 5.97. The third kappa shape index (κ3) is 3.85. The van der Waals surface area contributed by atoms with E-state index in [2.05, 4.69) is 5.32 Å². The average molecular weight is 357 g/mol. The van der Waals surface area contributed by atoms with Gasteiger partial charge < -0.3 is 15.8 Å². The summed E-state index contributed by atoms with van der Waals surface area (Å²) in [6.45, 7) is 7.18. The Morgan fingerprint density at radius 2 is 2.09 bits per heavy atom. The van der Waals surface area contributed by atoms with Crippen molar-refractivity contribution in [3.05, 3.63) is 29.3 Å². The van der Waals surface area contributed by atoms with Crippen LogP contribution in [0, 0.1) is 5.41 Å². The van der Waals surface area contributed by atoms with Crippen LogP contribution in [-0.4, -0.2) is 36.5 Å². The fourth-order valence-electron chi connectivity index (χ4n) is 2.84. The van der Waals surface area contributed by atoms with Crippen LogP contribution < -0.4 is 11.1 Å². The molecule has 1 aromatic carbocycles. The Balaban J connectivity index is 1.78. The number of thioether (sulfide) groups is 1. The number of ether oxygens (including phenoxy) is 1. The van der Waals surface area contributed by atoms with Crippen LogP contribution in [0.2, 0.25) is 5.02 Å². The molecule has 1 aliphatic carbocycles. The molecule has 1 amide bonds. The monoisotopic (exact) mass is 356 g/mol. The molecule has 0 bridgehead atoms. The van der Waals surface area contributed by atoms with E-state index in [1.54, 1.807) is 11.8 Å². The minimum absolute atomic E-state index is 0.0479. The molecule has 0 heterocycles. The van der Waals surface area contributed by atoms with Gasteiger partial charge in [0.05, 0.1) is 6.10 Å². The highest BCUT2D eigenvalue weighted by Gasteiger charge is 2.62. The van der Waals surface area contributed by atoms with E-state index in [9.17, 15) is 4.79 Å². The number of amides is 1. The van der Waals surface area contributed by atoms with Gasteiger partial charge in [0.1, 0.15) is 5.54 Å². The Hall–Kier alpha value is -0.750. The molecular weight excluding hydrogens is 332 g/mol. The summed E-state index contributed by atoms with van der Waals surface area (Å²) < 4.78 is 5.66. The lowest BCUT2D eigenvalue weighted by Gasteiger charge is -2.57. The summed E-state index contributed by atoms with van der Waals surface area (Å²) in [6.07, 6.45) is 0.621. The fraction of sp³-hybridized carbons (Fsp3) is 0.588. The Morgan fingerprint density at radius 3 is 2.65 bits per heavy atom. The smallest absolute Gasteiger partial charge is 0.240 e. The summed E-state index contributed by atoms with van der Waals surface area (Å²) in [4.78, 5) is 13.6. The molecule has 2 rings (SSSR count). The number of halogens is 1. The summed E-state index contributed by atoms with van der Waals surface area (Å²) >= 11 is 7.53. The highest BCUT2D eigenvalue weighted by Crippen LogP contribution is 2.49. The lowest BCUT2D eigenvalue weighted by Crippen LogP contribution is -2.75. The van der Waals surface area contributed by atoms with Gasteiger partial charge in [0.15, 0.2) is 0 Å². The van der Waals surface area contributed by atoms with Crippen LogP contribution in [0.25, 0.3) is 0 Å². The van der Waals surface area contributed by atoms with E-state index >= 15 is 0 Å². The molecule has 2 unspecified atom stereocenters. The van der Waals surface area contributed by atoms with Crippen LogP contribution in [0.15, 0.2) is 29.2 Å². The minimum Gasteiger partial charge on any atom is -0.378 e. The first kappa shape index (κ1) is 18.6. The maximum absolute atomic E-state index is 12.5. The maximum atomic E-state index is 12.5. The van der Waals surface area contributed by atoms with Gasteiger partial charge in [-0.3, -0.25) is 4.79 Å². The summed E-state index contributed by atoms with van der Waals surface area (Å²) in [5.74, 6) is 0.703. The number of nitrogens with one attached hydrogen (secondary N) is 1. The fourth-order valence-corrected chi connectivity index (χ4v) is 3.74. The van der Waals surface area contributed by atoms with E-state index in [1.165, 1.54) is 0 Å². The van der Waals surface area contributed by atoms with Crippen molar-refractivity contribution >= 4 is 29.3 Å². The number of carbonyl (C=O) groups is 1. The molecule has 0 radical (unpaired) electrons. The molecule has 23 heavy (non-hydrogen) atoms. The zero-order chi connectivity index (χ0) is 17.1. The highest BCUT2D eigenvalue weighted by molar-refractivity contribution is 7.99. The quantitative estimate of drug-likeness (QED) is 0.582. The Kier molecular flexibility index (Phi) is 6.00. The van der Waals surface area contributed by atoms with E-state index < -0.39 is 5.54 Å². The molecule has 3 N–H and O–H groups in total. The Bertz CT molecular complexity index is 550. The molecule has 0 aliphatic heterocycles. The lowest BCUT2D eigenvalue weighted by atomic mass is 9.54. The molecule has 0 spiro atoms. The number of hydrogen-bond donors (Lipinski definition) is 2. The second kappa shape index (κ2) is 7.43. The predicted octanol–water partition coefficient (Wildman–Crippen LogP) is 3.08. The molecule has 1 saturated carbocycles. The molecule has 1 fully saturated rings. The van der Waals surface area contributed by atoms with E-state index in [0.717, 1.165) is 15.7 Å². The first-order valence-corrected chi connectivity index (χ1v) is 9.25. The largest absolute Gasteiger partial charge is 0.378 e. The topological polar surface area (TPSA) is 64.3 Å². The number of nitrogens with two attached hydrogens (primary N) is 1. The minimum atomic E-state index is -0.849. The second-order valence-electron chi connectivity index (χ2n) is 6.40. The molecule has 0 saturated heterocycles. The molecular formula is C17H25ClN2O2S. The second-order valence-corrected chi connectivity index (χ2v) is 8.00. The van der Waals surface area contributed by atoms with E-state index in [-0.39, 0.29) is 17.4 Å². The summed E-state index contributed by atoms with van der Waals surface area (Å²) in [5.41, 5.74) is 5.14. The number of carbonyl (C=O) groups excluding carboxylic acids is 1. The normalized spacial score (nSPS) is 25.7. The number of benzene rings is 1. The average Bonchev–Trinajstić information content (AvgIpc) is 2.52. The van der Waals surface area contributed by atoms with Gasteiger partial charge in [0, 0.05) is 40.7 Å². The zero-order valence-corrected chi connectivity index (χ0v) is 15.5. The molecule has 1 aromatic rings. The van der Waals surface area contributed by atoms with Crippen molar-refractivity contribution in [1.82, 2.24) is 5.32 Å². The van der Waals surface area contributed by atoms with Gasteiger partial charge in [-0.1, -0.05) is 25.4 Å². The van der Waals surface area contributed by atoms with Gasteiger partial charge >= 0.3 is 0 Å². The van der Waals surface area contributed by atoms with Gasteiger partial charge in [-0.2, -0.15) is 0 Å². The molecule has 128 valence electrons. The molecule has 2 atom stereocenters. The number of hydrogen-bond acceptors (Lipinski definition) is 4. The standard InChI is InChI=1S/C17H25ClN2O2S/c1-4-22-14-11-17(19,16(14,2)3)15(21)20-9-10-23-13-7-5-12(18)6-8-13/h5-8,14H,4,9-11,19H2,1-3H3,(H,20,21). The SMILES string of the molecule is CCOC1CC(N)(C(=O)NCCSc2ccc(Cl)cc2)C1(C)C. The van der Waals surface area contributed by atoms with Crippen molar-refractivity contribution in [3.8, 4) is 0 Å². The van der Waals surface area contributed by atoms with Crippen molar-refractivity contribution in [2.45, 2.75) is 43.7 Å². The lowest BCUT2D eigenvalue weighted by molar-refractivity contribution is -0.170. The first-order valence-electron chi connectivity index (χ1n) is 7.88. The molecule has 1 aliphatic rings. The van der Waals surface area contributed by atoms with Crippen LogP contribution in [0.3, 0.4) is 0 Å². The van der Waals surface area contributed by atoms with Crippen LogP contribution >= 0.6 is 23.4 Å². The van der Waals surface area contributed by atoms with Crippen LogP contribution in [0.4, 0.5) is 0 Å². The summed E-state index contributed by atoms with van der Waals surface area (Å²) in [6, 6.07) is 7.67. The van der Waals surface area contributed by atoms with Gasteiger partial charge in [-0.25, -0.2) is 0 Å². The van der Waals surface area contributed by atoms with Crippen LogP contribution in [0.5, 0.6) is 0 Å². The van der Waals surface area contributed by atoms with E-state index in [4.69, 9.17) is 22.1 Å². The third-order valence-electron chi connectivity index (χ3n) is 4.71. The van der Waals surface area contributed by atoms with Gasteiger partial charge in [-0.15, -0.1) is 11.8 Å². The summed E-state index contributed by atoms with van der Waals surface area (Å²) in [7, 11) is 0. The highest BCUT2D eigenvalue weighted by atomic mass is 35.5. The molecule has 0 aromatic heterocycles. The van der Waals surface area contributed by atoms with Crippen molar-refractivity contribution < 1.29 is 9.53 Å². The van der Waals surface area contributed by atoms with Crippen molar-refractivity contribution in [2.75, 3.05) is 18.9 Å². The van der Waals surface area contributed by atoms with E-state index in [1.807, 2.05) is 45.0 Å². The van der Waals surface area contributed by atoms with Crippen molar-refractivity contribution in [2.24, 2.45) is 11.1 Å². The van der Waals surface area contributed by atoms with Crippen molar-refractivity contribution in [1.29, 1.82) is 0 Å². The van der Waals surface area contributed by atoms with Crippen LogP contribution in [0.1, 0.15) is 27.2 Å². The van der Waals surface area contributed by atoms with Crippen LogP contribution in [-0.2, 0) is 9.53 Å². The number of rotatable bonds is 7. The van der Waals surface area contributed by atoms with Gasteiger partial charge in [0.2, 0.25) is 5.91 Å². The van der Waals surface area contributed by atoms with Gasteiger partial charge in [0.25, 0.3) is 0 Å². The molecule has 6 heteroatoms. The first-order chi connectivity index (χ1) is 10.8. The van der Waals surface area contributed by atoms with Gasteiger partial charge in [-0.05, 0) is 31.2 Å². The molecule has 4 nitrogen and oxygen atoms in total. The summed E-state index contributed by atoms with van der Waals surface area (Å²) in [5, 5.41) is 3.68. The predicted molar refractivity (Wildman–Crippen MR) is 95.9 cm³/mol. The Labute approximate surface area is 147 Å². The van der Waals surface area contributed by atoms with Crippen molar-refractivity contribution in [3.63, 3.8) is 0 Å². The maximum Gasteiger partial charge on any atom is 0.240 e. The zero-order valence-electron chi connectivity index (χ0n) is 13.9.